The number of aliphatic carboxylic acids is 1. The minimum atomic E-state index is -4.10. The number of halogens is 1. The van der Waals surface area contributed by atoms with Gasteiger partial charge in [-0.2, -0.15) is 9.57 Å². The van der Waals surface area contributed by atoms with Crippen LogP contribution >= 0.6 is 0 Å². The molecule has 6 nitrogen and oxygen atoms in total. The van der Waals surface area contributed by atoms with E-state index in [1.165, 1.54) is 0 Å². The highest BCUT2D eigenvalue weighted by molar-refractivity contribution is 7.89. The number of hydrogen-bond donors (Lipinski definition) is 1. The van der Waals surface area contributed by atoms with Crippen LogP contribution < -0.4 is 0 Å². The van der Waals surface area contributed by atoms with Gasteiger partial charge in [0.15, 0.2) is 0 Å². The van der Waals surface area contributed by atoms with E-state index in [9.17, 15) is 17.6 Å². The third-order valence-electron chi connectivity index (χ3n) is 2.48. The number of carboxylic acid groups (broad SMARTS) is 1. The lowest BCUT2D eigenvalue weighted by molar-refractivity contribution is -0.137. The molecule has 8 heteroatoms. The number of nitriles is 1. The van der Waals surface area contributed by atoms with Crippen molar-refractivity contribution in [2.24, 2.45) is 0 Å². The SMILES string of the molecule is CCCN(CC(=O)O)S(=O)(=O)c1ccc(C#N)c(F)c1. The van der Waals surface area contributed by atoms with Crippen LogP contribution in [0.4, 0.5) is 4.39 Å². The Hall–Kier alpha value is -1.98. The maximum Gasteiger partial charge on any atom is 0.318 e. The van der Waals surface area contributed by atoms with Crippen molar-refractivity contribution >= 4 is 16.0 Å². The molecule has 0 unspecified atom stereocenters. The van der Waals surface area contributed by atoms with E-state index in [4.69, 9.17) is 10.4 Å². The second-order valence-electron chi connectivity index (χ2n) is 3.99. The summed E-state index contributed by atoms with van der Waals surface area (Å²) in [6.07, 6.45) is 0.422. The van der Waals surface area contributed by atoms with Gasteiger partial charge in [0.1, 0.15) is 18.4 Å². The summed E-state index contributed by atoms with van der Waals surface area (Å²) >= 11 is 0. The number of nitrogens with zero attached hydrogens (tertiary/aromatic N) is 2. The Morgan fingerprint density at radius 2 is 2.15 bits per heavy atom. The zero-order valence-electron chi connectivity index (χ0n) is 10.7. The molecule has 0 amide bonds. The van der Waals surface area contributed by atoms with Crippen LogP contribution in [0.25, 0.3) is 0 Å². The van der Waals surface area contributed by atoms with E-state index in [1.807, 2.05) is 0 Å². The topological polar surface area (TPSA) is 98.5 Å². The van der Waals surface area contributed by atoms with Gasteiger partial charge in [-0.3, -0.25) is 4.79 Å². The van der Waals surface area contributed by atoms with E-state index in [0.717, 1.165) is 22.5 Å². The van der Waals surface area contributed by atoms with Crippen molar-refractivity contribution in [1.29, 1.82) is 5.26 Å². The number of hydrogen-bond acceptors (Lipinski definition) is 4. The first-order valence-corrected chi connectivity index (χ1v) is 7.18. The van der Waals surface area contributed by atoms with Gasteiger partial charge in [-0.05, 0) is 24.6 Å². The summed E-state index contributed by atoms with van der Waals surface area (Å²) in [7, 11) is -4.10. The molecule has 1 N–H and O–H groups in total. The first-order chi connectivity index (χ1) is 9.32. The second-order valence-corrected chi connectivity index (χ2v) is 5.92. The van der Waals surface area contributed by atoms with Crippen LogP contribution in [0.15, 0.2) is 23.1 Å². The van der Waals surface area contributed by atoms with Gasteiger partial charge in [0, 0.05) is 6.54 Å². The molecule has 20 heavy (non-hydrogen) atoms. The van der Waals surface area contributed by atoms with E-state index in [1.54, 1.807) is 13.0 Å². The summed E-state index contributed by atoms with van der Waals surface area (Å²) in [6, 6.07) is 4.44. The van der Waals surface area contributed by atoms with Gasteiger partial charge in [-0.15, -0.1) is 0 Å². The molecule has 0 aliphatic rings. The first-order valence-electron chi connectivity index (χ1n) is 5.74. The van der Waals surface area contributed by atoms with Crippen LogP contribution in [0.5, 0.6) is 0 Å². The van der Waals surface area contributed by atoms with E-state index >= 15 is 0 Å². The quantitative estimate of drug-likeness (QED) is 0.850. The molecule has 108 valence electrons. The molecule has 0 aromatic heterocycles. The lowest BCUT2D eigenvalue weighted by atomic mass is 10.2. The fraction of sp³-hybridized carbons (Fsp3) is 0.333. The smallest absolute Gasteiger partial charge is 0.318 e. The summed E-state index contributed by atoms with van der Waals surface area (Å²) < 4.78 is 38.7. The fourth-order valence-electron chi connectivity index (χ4n) is 1.58. The molecular weight excluding hydrogens is 287 g/mol. The number of sulfonamides is 1. The molecule has 1 rings (SSSR count). The van der Waals surface area contributed by atoms with Crippen molar-refractivity contribution in [2.45, 2.75) is 18.2 Å². The van der Waals surface area contributed by atoms with Crippen molar-refractivity contribution in [3.8, 4) is 6.07 Å². The summed E-state index contributed by atoms with van der Waals surface area (Å²) in [6.45, 7) is 1.01. The van der Waals surface area contributed by atoms with Crippen molar-refractivity contribution < 1.29 is 22.7 Å². The third-order valence-corrected chi connectivity index (χ3v) is 4.32. The first kappa shape index (κ1) is 16.1. The zero-order chi connectivity index (χ0) is 15.3. The van der Waals surface area contributed by atoms with E-state index in [2.05, 4.69) is 0 Å². The molecular formula is C12H13FN2O4S. The highest BCUT2D eigenvalue weighted by Gasteiger charge is 2.26. The molecule has 0 saturated carbocycles. The molecule has 0 bridgehead atoms. The minimum Gasteiger partial charge on any atom is -0.480 e. The van der Waals surface area contributed by atoms with Gasteiger partial charge in [-0.1, -0.05) is 6.92 Å². The summed E-state index contributed by atoms with van der Waals surface area (Å²) in [4.78, 5) is 10.3. The summed E-state index contributed by atoms with van der Waals surface area (Å²) in [5.41, 5.74) is -0.274. The van der Waals surface area contributed by atoms with Crippen LogP contribution in [-0.4, -0.2) is 36.9 Å². The predicted octanol–water partition coefficient (Wildman–Crippen LogP) is 1.18. The third kappa shape index (κ3) is 3.53. The molecule has 1 aromatic rings. The number of benzene rings is 1. The molecule has 0 atom stereocenters. The van der Waals surface area contributed by atoms with Crippen molar-refractivity contribution in [3.05, 3.63) is 29.6 Å². The standard InChI is InChI=1S/C12H13FN2O4S/c1-2-5-15(8-12(16)17)20(18,19)10-4-3-9(7-14)11(13)6-10/h3-4,6H,2,5,8H2,1H3,(H,16,17). The highest BCUT2D eigenvalue weighted by atomic mass is 32.2. The number of carboxylic acids is 1. The number of carbonyl (C=O) groups is 1. The minimum absolute atomic E-state index is 0.0102. The fourth-order valence-corrected chi connectivity index (χ4v) is 3.07. The Bertz CT molecular complexity index is 652. The molecule has 0 radical (unpaired) electrons. The van der Waals surface area contributed by atoms with Crippen molar-refractivity contribution in [2.75, 3.05) is 13.1 Å². The zero-order valence-corrected chi connectivity index (χ0v) is 11.5. The second kappa shape index (κ2) is 6.45. The molecule has 0 aliphatic heterocycles. The Morgan fingerprint density at radius 3 is 2.60 bits per heavy atom. The Labute approximate surface area is 116 Å². The lowest BCUT2D eigenvalue weighted by Gasteiger charge is -2.19. The molecule has 1 aromatic carbocycles. The normalized spacial score (nSPS) is 11.3. The van der Waals surface area contributed by atoms with Crippen LogP contribution in [-0.2, 0) is 14.8 Å². The molecule has 0 heterocycles. The van der Waals surface area contributed by atoms with Gasteiger partial charge in [-0.25, -0.2) is 12.8 Å². The Kier molecular flexibility index (Phi) is 5.19. The van der Waals surface area contributed by atoms with Gasteiger partial charge >= 0.3 is 5.97 Å². The van der Waals surface area contributed by atoms with Gasteiger partial charge in [0.2, 0.25) is 10.0 Å². The van der Waals surface area contributed by atoms with Crippen molar-refractivity contribution in [3.63, 3.8) is 0 Å². The lowest BCUT2D eigenvalue weighted by Crippen LogP contribution is -2.36. The van der Waals surface area contributed by atoms with E-state index < -0.39 is 28.4 Å². The predicted molar refractivity (Wildman–Crippen MR) is 67.8 cm³/mol. The maximum absolute atomic E-state index is 13.5. The average molecular weight is 300 g/mol. The monoisotopic (exact) mass is 300 g/mol. The van der Waals surface area contributed by atoms with Crippen LogP contribution in [0.1, 0.15) is 18.9 Å². The van der Waals surface area contributed by atoms with Gasteiger partial charge < -0.3 is 5.11 Å². The van der Waals surface area contributed by atoms with Crippen LogP contribution in [0.3, 0.4) is 0 Å². The Morgan fingerprint density at radius 1 is 1.50 bits per heavy atom. The largest absolute Gasteiger partial charge is 0.480 e. The summed E-state index contributed by atoms with van der Waals surface area (Å²) in [5.74, 6) is -2.25. The van der Waals surface area contributed by atoms with Crippen LogP contribution in [0.2, 0.25) is 0 Å². The van der Waals surface area contributed by atoms with E-state index in [-0.39, 0.29) is 17.0 Å². The van der Waals surface area contributed by atoms with Gasteiger partial charge in [0.25, 0.3) is 0 Å². The Balaban J connectivity index is 3.22. The number of rotatable bonds is 6. The van der Waals surface area contributed by atoms with E-state index in [0.29, 0.717) is 6.42 Å². The molecule has 0 saturated heterocycles. The molecule has 0 fully saturated rings. The maximum atomic E-state index is 13.5. The van der Waals surface area contributed by atoms with Crippen molar-refractivity contribution in [1.82, 2.24) is 4.31 Å². The molecule has 0 spiro atoms. The van der Waals surface area contributed by atoms with Gasteiger partial charge in [0.05, 0.1) is 10.5 Å². The van der Waals surface area contributed by atoms with Crippen LogP contribution in [0, 0.1) is 17.1 Å². The highest BCUT2D eigenvalue weighted by Crippen LogP contribution is 2.19. The average Bonchev–Trinajstić information content (AvgIpc) is 2.37. The molecule has 0 aliphatic carbocycles. The summed E-state index contributed by atoms with van der Waals surface area (Å²) in [5, 5.41) is 17.3.